The number of hydrogen-bond donors (Lipinski definition) is 0. The summed E-state index contributed by atoms with van der Waals surface area (Å²) in [6.07, 6.45) is 4.01. The number of aromatic nitrogens is 3. The van der Waals surface area contributed by atoms with E-state index in [-0.39, 0.29) is 0 Å². The SMILES string of the molecule is CC(C)c1ncc2c(ccn2C(C)C)n1. The molecule has 80 valence electrons. The quantitative estimate of drug-likeness (QED) is 0.750. The van der Waals surface area contributed by atoms with Gasteiger partial charge >= 0.3 is 0 Å². The molecule has 15 heavy (non-hydrogen) atoms. The van der Waals surface area contributed by atoms with Gasteiger partial charge in [0.1, 0.15) is 5.82 Å². The van der Waals surface area contributed by atoms with Crippen LogP contribution in [0.2, 0.25) is 0 Å². The second-order valence-corrected chi connectivity index (χ2v) is 4.47. The van der Waals surface area contributed by atoms with Crippen molar-refractivity contribution in [3.05, 3.63) is 24.3 Å². The first-order valence-electron chi connectivity index (χ1n) is 5.43. The highest BCUT2D eigenvalue weighted by Crippen LogP contribution is 2.19. The summed E-state index contributed by atoms with van der Waals surface area (Å²) in [5.41, 5.74) is 2.16. The summed E-state index contributed by atoms with van der Waals surface area (Å²) in [7, 11) is 0. The summed E-state index contributed by atoms with van der Waals surface area (Å²) >= 11 is 0. The van der Waals surface area contributed by atoms with E-state index in [4.69, 9.17) is 0 Å². The molecule has 0 aliphatic carbocycles. The van der Waals surface area contributed by atoms with Crippen molar-refractivity contribution in [1.29, 1.82) is 0 Å². The zero-order valence-electron chi connectivity index (χ0n) is 9.73. The predicted octanol–water partition coefficient (Wildman–Crippen LogP) is 3.14. The van der Waals surface area contributed by atoms with Gasteiger partial charge in [-0.2, -0.15) is 0 Å². The molecule has 0 spiro atoms. The first-order valence-corrected chi connectivity index (χ1v) is 5.43. The number of rotatable bonds is 2. The van der Waals surface area contributed by atoms with Gasteiger partial charge < -0.3 is 4.57 Å². The molecule has 2 aromatic heterocycles. The molecule has 2 aromatic rings. The van der Waals surface area contributed by atoms with E-state index in [2.05, 4.69) is 54.5 Å². The maximum absolute atomic E-state index is 4.55. The lowest BCUT2D eigenvalue weighted by atomic mass is 10.2. The average Bonchev–Trinajstić information content (AvgIpc) is 2.59. The van der Waals surface area contributed by atoms with Gasteiger partial charge in [0.2, 0.25) is 0 Å². The Labute approximate surface area is 90.2 Å². The number of hydrogen-bond acceptors (Lipinski definition) is 2. The van der Waals surface area contributed by atoms with Crippen LogP contribution >= 0.6 is 0 Å². The fourth-order valence-corrected chi connectivity index (χ4v) is 1.68. The molecule has 0 unspecified atom stereocenters. The molecule has 0 amide bonds. The standard InChI is InChI=1S/C12H17N3/c1-8(2)12-13-7-11-10(14-12)5-6-15(11)9(3)4/h5-9H,1-4H3. The molecule has 2 heterocycles. The second-order valence-electron chi connectivity index (χ2n) is 4.47. The van der Waals surface area contributed by atoms with Crippen molar-refractivity contribution < 1.29 is 0 Å². The minimum Gasteiger partial charge on any atom is -0.342 e. The van der Waals surface area contributed by atoms with Gasteiger partial charge in [0.05, 0.1) is 17.2 Å². The van der Waals surface area contributed by atoms with Crippen molar-refractivity contribution in [3.8, 4) is 0 Å². The first kappa shape index (κ1) is 10.1. The normalized spacial score (nSPS) is 11.9. The Kier molecular flexibility index (Phi) is 2.47. The summed E-state index contributed by atoms with van der Waals surface area (Å²) in [6.45, 7) is 8.55. The third-order valence-electron chi connectivity index (χ3n) is 2.56. The maximum Gasteiger partial charge on any atom is 0.131 e. The molecule has 0 aliphatic heterocycles. The third-order valence-corrected chi connectivity index (χ3v) is 2.56. The van der Waals surface area contributed by atoms with E-state index in [9.17, 15) is 0 Å². The van der Waals surface area contributed by atoms with Crippen LogP contribution in [-0.4, -0.2) is 14.5 Å². The Bertz CT molecular complexity index is 469. The van der Waals surface area contributed by atoms with Gasteiger partial charge in [0, 0.05) is 18.2 Å². The van der Waals surface area contributed by atoms with Crippen molar-refractivity contribution in [2.75, 3.05) is 0 Å². The zero-order chi connectivity index (χ0) is 11.0. The third kappa shape index (κ3) is 1.74. The number of fused-ring (bicyclic) bond motifs is 1. The van der Waals surface area contributed by atoms with Gasteiger partial charge in [0.15, 0.2) is 0 Å². The van der Waals surface area contributed by atoms with Crippen molar-refractivity contribution in [3.63, 3.8) is 0 Å². The van der Waals surface area contributed by atoms with E-state index in [1.807, 2.05) is 6.20 Å². The molecule has 3 heteroatoms. The molecule has 0 aromatic carbocycles. The summed E-state index contributed by atoms with van der Waals surface area (Å²) in [5, 5.41) is 0. The molecule has 0 fully saturated rings. The largest absolute Gasteiger partial charge is 0.342 e. The number of nitrogens with zero attached hydrogens (tertiary/aromatic N) is 3. The highest BCUT2D eigenvalue weighted by molar-refractivity contribution is 5.74. The minimum atomic E-state index is 0.386. The fraction of sp³-hybridized carbons (Fsp3) is 0.500. The van der Waals surface area contributed by atoms with E-state index in [0.29, 0.717) is 12.0 Å². The highest BCUT2D eigenvalue weighted by Gasteiger charge is 2.08. The van der Waals surface area contributed by atoms with Crippen molar-refractivity contribution in [2.24, 2.45) is 0 Å². The molecule has 2 rings (SSSR count). The fourth-order valence-electron chi connectivity index (χ4n) is 1.68. The molecule has 0 aliphatic rings. The van der Waals surface area contributed by atoms with Crippen molar-refractivity contribution in [2.45, 2.75) is 39.7 Å². The molecule has 0 saturated heterocycles. The van der Waals surface area contributed by atoms with Crippen LogP contribution in [0.3, 0.4) is 0 Å². The van der Waals surface area contributed by atoms with Gasteiger partial charge in [-0.25, -0.2) is 9.97 Å². The van der Waals surface area contributed by atoms with Crippen LogP contribution in [0.4, 0.5) is 0 Å². The monoisotopic (exact) mass is 203 g/mol. The van der Waals surface area contributed by atoms with E-state index < -0.39 is 0 Å². The Morgan fingerprint density at radius 1 is 1.20 bits per heavy atom. The summed E-state index contributed by atoms with van der Waals surface area (Å²) in [5.74, 6) is 1.31. The van der Waals surface area contributed by atoms with Crippen molar-refractivity contribution >= 4 is 11.0 Å². The smallest absolute Gasteiger partial charge is 0.131 e. The van der Waals surface area contributed by atoms with E-state index in [1.165, 1.54) is 0 Å². The molecular formula is C12H17N3. The van der Waals surface area contributed by atoms with Crippen LogP contribution in [0.5, 0.6) is 0 Å². The Balaban J connectivity index is 2.57. The van der Waals surface area contributed by atoms with Crippen LogP contribution in [0, 0.1) is 0 Å². The first-order chi connectivity index (χ1) is 7.09. The Morgan fingerprint density at radius 3 is 2.53 bits per heavy atom. The molecule has 3 nitrogen and oxygen atoms in total. The summed E-state index contributed by atoms with van der Waals surface area (Å²) < 4.78 is 2.19. The summed E-state index contributed by atoms with van der Waals surface area (Å²) in [4.78, 5) is 8.94. The Hall–Kier alpha value is -1.38. The van der Waals surface area contributed by atoms with Crippen LogP contribution in [0.15, 0.2) is 18.5 Å². The van der Waals surface area contributed by atoms with Gasteiger partial charge in [-0.15, -0.1) is 0 Å². The van der Waals surface area contributed by atoms with Crippen LogP contribution in [0.1, 0.15) is 45.5 Å². The van der Waals surface area contributed by atoms with Gasteiger partial charge in [0.25, 0.3) is 0 Å². The second kappa shape index (κ2) is 3.65. The minimum absolute atomic E-state index is 0.386. The van der Waals surface area contributed by atoms with E-state index in [0.717, 1.165) is 16.9 Å². The molecule has 0 bridgehead atoms. The average molecular weight is 203 g/mol. The van der Waals surface area contributed by atoms with Crippen LogP contribution in [-0.2, 0) is 0 Å². The van der Waals surface area contributed by atoms with Crippen molar-refractivity contribution in [1.82, 2.24) is 14.5 Å². The molecule has 0 radical (unpaired) electrons. The summed E-state index contributed by atoms with van der Waals surface area (Å²) in [6, 6.07) is 2.51. The zero-order valence-corrected chi connectivity index (χ0v) is 9.73. The van der Waals surface area contributed by atoms with E-state index in [1.54, 1.807) is 0 Å². The van der Waals surface area contributed by atoms with E-state index >= 15 is 0 Å². The van der Waals surface area contributed by atoms with Gasteiger partial charge in [-0.1, -0.05) is 13.8 Å². The predicted molar refractivity (Wildman–Crippen MR) is 62.0 cm³/mol. The molecular weight excluding hydrogens is 186 g/mol. The Morgan fingerprint density at radius 2 is 1.93 bits per heavy atom. The molecule has 0 saturated carbocycles. The van der Waals surface area contributed by atoms with Crippen LogP contribution in [0.25, 0.3) is 11.0 Å². The lowest BCUT2D eigenvalue weighted by molar-refractivity contribution is 0.621. The topological polar surface area (TPSA) is 30.7 Å². The highest BCUT2D eigenvalue weighted by atomic mass is 15.0. The van der Waals surface area contributed by atoms with Gasteiger partial charge in [-0.3, -0.25) is 0 Å². The molecule has 0 N–H and O–H groups in total. The lowest BCUT2D eigenvalue weighted by Gasteiger charge is -2.09. The lowest BCUT2D eigenvalue weighted by Crippen LogP contribution is -2.01. The maximum atomic E-state index is 4.55. The van der Waals surface area contributed by atoms with Gasteiger partial charge in [-0.05, 0) is 19.9 Å². The molecule has 0 atom stereocenters. The van der Waals surface area contributed by atoms with Crippen LogP contribution < -0.4 is 0 Å².